The van der Waals surface area contributed by atoms with Crippen LogP contribution in [0, 0.1) is 0 Å². The molecule has 0 heterocycles. The first-order valence-corrected chi connectivity index (χ1v) is 5.57. The van der Waals surface area contributed by atoms with Crippen molar-refractivity contribution in [1.29, 1.82) is 0 Å². The first-order valence-electron chi connectivity index (χ1n) is 3.98. The first kappa shape index (κ1) is 9.44. The zero-order valence-corrected chi connectivity index (χ0v) is 9.97. The maximum atomic E-state index is 10.00. The lowest BCUT2D eigenvalue weighted by atomic mass is 9.95. The van der Waals surface area contributed by atoms with Crippen molar-refractivity contribution in [2.45, 2.75) is 10.9 Å². The minimum atomic E-state index is -0.902. The number of hydrogen-bond acceptors (Lipinski definition) is 1. The highest BCUT2D eigenvalue weighted by Crippen LogP contribution is 2.43. The monoisotopic (exact) mass is 302 g/mol. The van der Waals surface area contributed by atoms with Crippen LogP contribution < -0.4 is 0 Å². The highest BCUT2D eigenvalue weighted by molar-refractivity contribution is 9.15. The molecule has 1 aromatic rings. The predicted octanol–water partition coefficient (Wildman–Crippen LogP) is 3.37. The molecule has 1 atom stereocenters. The Morgan fingerprint density at radius 1 is 1.31 bits per heavy atom. The molecule has 0 fully saturated rings. The molecule has 13 heavy (non-hydrogen) atoms. The quantitative estimate of drug-likeness (QED) is 0.729. The summed E-state index contributed by atoms with van der Waals surface area (Å²) in [5.41, 5.74) is 1.97. The predicted molar refractivity (Wildman–Crippen MR) is 60.8 cm³/mol. The maximum absolute atomic E-state index is 10.00. The van der Waals surface area contributed by atoms with Crippen LogP contribution in [0.1, 0.15) is 17.5 Å². The van der Waals surface area contributed by atoms with Crippen LogP contribution in [-0.4, -0.2) is 5.11 Å². The number of benzene rings is 1. The van der Waals surface area contributed by atoms with Gasteiger partial charge in [-0.15, -0.1) is 0 Å². The average molecular weight is 304 g/mol. The van der Waals surface area contributed by atoms with E-state index in [9.17, 15) is 5.11 Å². The molecule has 1 aromatic carbocycles. The fourth-order valence-corrected chi connectivity index (χ4v) is 2.49. The number of aliphatic hydroxyl groups is 1. The Balaban J connectivity index is 2.64. The molecule has 0 bridgehead atoms. The second kappa shape index (κ2) is 3.23. The van der Waals surface area contributed by atoms with Crippen molar-refractivity contribution >= 4 is 36.3 Å². The number of hydrogen-bond donors (Lipinski definition) is 1. The minimum Gasteiger partial charge on any atom is -0.374 e. The van der Waals surface area contributed by atoms with Gasteiger partial charge < -0.3 is 5.11 Å². The molecule has 0 aromatic heterocycles. The summed E-state index contributed by atoms with van der Waals surface area (Å²) in [6.45, 7) is 0. The molecule has 1 aliphatic carbocycles. The standard InChI is InChI=1S/C10H8Br2O/c11-9-5-6-10(12,13)8-4-2-1-3-7(8)9/h1-5,13H,6H2. The SMILES string of the molecule is OC1(Br)CC=C(Br)c2ccccc21. The lowest BCUT2D eigenvalue weighted by Crippen LogP contribution is -2.20. The molecule has 0 saturated heterocycles. The van der Waals surface area contributed by atoms with Crippen LogP contribution in [0.4, 0.5) is 0 Å². The van der Waals surface area contributed by atoms with Gasteiger partial charge in [0.25, 0.3) is 0 Å². The molecule has 0 aliphatic heterocycles. The normalized spacial score (nSPS) is 26.5. The summed E-state index contributed by atoms with van der Waals surface area (Å²) in [6.07, 6.45) is 2.56. The van der Waals surface area contributed by atoms with Gasteiger partial charge in [0.15, 0.2) is 0 Å². The Labute approximate surface area is 93.7 Å². The molecule has 3 heteroatoms. The molecule has 0 radical (unpaired) electrons. The van der Waals surface area contributed by atoms with Gasteiger partial charge >= 0.3 is 0 Å². The lowest BCUT2D eigenvalue weighted by Gasteiger charge is -2.27. The molecule has 0 spiro atoms. The topological polar surface area (TPSA) is 20.2 Å². The van der Waals surface area contributed by atoms with E-state index < -0.39 is 4.51 Å². The highest BCUT2D eigenvalue weighted by atomic mass is 79.9. The van der Waals surface area contributed by atoms with E-state index in [2.05, 4.69) is 31.9 Å². The Kier molecular flexibility index (Phi) is 2.34. The molecule has 0 amide bonds. The number of fused-ring (bicyclic) bond motifs is 1. The summed E-state index contributed by atoms with van der Waals surface area (Å²) in [7, 11) is 0. The smallest absolute Gasteiger partial charge is 0.149 e. The first-order chi connectivity index (χ1) is 6.11. The van der Waals surface area contributed by atoms with Crippen LogP contribution in [0.2, 0.25) is 0 Å². The van der Waals surface area contributed by atoms with E-state index in [1.54, 1.807) is 0 Å². The van der Waals surface area contributed by atoms with Gasteiger partial charge in [-0.1, -0.05) is 46.3 Å². The van der Waals surface area contributed by atoms with Crippen molar-refractivity contribution in [3.63, 3.8) is 0 Å². The Morgan fingerprint density at radius 3 is 2.69 bits per heavy atom. The molecular formula is C10H8Br2O. The zero-order chi connectivity index (χ0) is 9.47. The van der Waals surface area contributed by atoms with E-state index >= 15 is 0 Å². The lowest BCUT2D eigenvalue weighted by molar-refractivity contribution is 0.148. The third-order valence-corrected chi connectivity index (χ3v) is 3.65. The molecule has 0 saturated carbocycles. The second-order valence-electron chi connectivity index (χ2n) is 3.06. The minimum absolute atomic E-state index is 0.588. The second-order valence-corrected chi connectivity index (χ2v) is 5.23. The maximum Gasteiger partial charge on any atom is 0.149 e. The van der Waals surface area contributed by atoms with Crippen molar-refractivity contribution in [3.05, 3.63) is 41.5 Å². The van der Waals surface area contributed by atoms with E-state index in [1.165, 1.54) is 0 Å². The van der Waals surface area contributed by atoms with E-state index in [0.29, 0.717) is 6.42 Å². The van der Waals surface area contributed by atoms with Crippen molar-refractivity contribution in [1.82, 2.24) is 0 Å². The van der Waals surface area contributed by atoms with Crippen LogP contribution >= 0.6 is 31.9 Å². The molecule has 1 nitrogen and oxygen atoms in total. The van der Waals surface area contributed by atoms with E-state index in [-0.39, 0.29) is 0 Å². The largest absolute Gasteiger partial charge is 0.374 e. The summed E-state index contributed by atoms with van der Waals surface area (Å²) in [6, 6.07) is 7.80. The summed E-state index contributed by atoms with van der Waals surface area (Å²) >= 11 is 6.78. The van der Waals surface area contributed by atoms with Gasteiger partial charge in [-0.2, -0.15) is 0 Å². The van der Waals surface area contributed by atoms with E-state index in [1.807, 2.05) is 30.3 Å². The third kappa shape index (κ3) is 1.60. The van der Waals surface area contributed by atoms with Gasteiger partial charge in [0, 0.05) is 16.5 Å². The summed E-state index contributed by atoms with van der Waals surface area (Å²) in [5, 5.41) is 10.00. The fraction of sp³-hybridized carbons (Fsp3) is 0.200. The highest BCUT2D eigenvalue weighted by Gasteiger charge is 2.30. The van der Waals surface area contributed by atoms with Crippen molar-refractivity contribution < 1.29 is 5.11 Å². The van der Waals surface area contributed by atoms with Crippen LogP contribution in [0.3, 0.4) is 0 Å². The van der Waals surface area contributed by atoms with E-state index in [4.69, 9.17) is 0 Å². The van der Waals surface area contributed by atoms with Crippen LogP contribution in [0.5, 0.6) is 0 Å². The molecule has 68 valence electrons. The Hall–Kier alpha value is -0.120. The average Bonchev–Trinajstić information content (AvgIpc) is 2.13. The molecule has 1 N–H and O–H groups in total. The molecule has 2 rings (SSSR count). The van der Waals surface area contributed by atoms with Gasteiger partial charge in [-0.3, -0.25) is 0 Å². The Bertz CT molecular complexity index is 369. The third-order valence-electron chi connectivity index (χ3n) is 2.15. The van der Waals surface area contributed by atoms with Crippen molar-refractivity contribution in [2.75, 3.05) is 0 Å². The zero-order valence-electron chi connectivity index (χ0n) is 6.80. The number of alkyl halides is 1. The summed E-state index contributed by atoms with van der Waals surface area (Å²) in [5.74, 6) is 0. The Morgan fingerprint density at radius 2 is 2.00 bits per heavy atom. The van der Waals surface area contributed by atoms with Crippen LogP contribution in [0.15, 0.2) is 30.3 Å². The van der Waals surface area contributed by atoms with Gasteiger partial charge in [-0.05, 0) is 21.5 Å². The molecular weight excluding hydrogens is 296 g/mol. The van der Waals surface area contributed by atoms with Gasteiger partial charge in [0.05, 0.1) is 0 Å². The van der Waals surface area contributed by atoms with Crippen LogP contribution in [0.25, 0.3) is 4.48 Å². The van der Waals surface area contributed by atoms with Crippen LogP contribution in [-0.2, 0) is 4.51 Å². The molecule has 1 aliphatic rings. The summed E-state index contributed by atoms with van der Waals surface area (Å²) in [4.78, 5) is 0. The fourth-order valence-electron chi connectivity index (χ4n) is 1.47. The number of halogens is 2. The van der Waals surface area contributed by atoms with Crippen molar-refractivity contribution in [3.8, 4) is 0 Å². The van der Waals surface area contributed by atoms with Gasteiger partial charge in [0.2, 0.25) is 0 Å². The number of rotatable bonds is 0. The summed E-state index contributed by atoms with van der Waals surface area (Å²) < 4.78 is 0.146. The molecule has 1 unspecified atom stereocenters. The van der Waals surface area contributed by atoms with Gasteiger partial charge in [-0.25, -0.2) is 0 Å². The van der Waals surface area contributed by atoms with Gasteiger partial charge in [0.1, 0.15) is 4.51 Å². The van der Waals surface area contributed by atoms with Crippen molar-refractivity contribution in [2.24, 2.45) is 0 Å². The van der Waals surface area contributed by atoms with E-state index in [0.717, 1.165) is 15.6 Å².